The molecule has 2 radical (unpaired) electrons. The summed E-state index contributed by atoms with van der Waals surface area (Å²) in [7, 11) is 0. The molecule has 1 aromatic carbocycles. The van der Waals surface area contributed by atoms with Gasteiger partial charge < -0.3 is 4.90 Å². The van der Waals surface area contributed by atoms with Gasteiger partial charge in [-0.2, -0.15) is 9.61 Å². The predicted molar refractivity (Wildman–Crippen MR) is 111 cm³/mol. The lowest BCUT2D eigenvalue weighted by atomic mass is 9.98. The van der Waals surface area contributed by atoms with Crippen LogP contribution in [0.15, 0.2) is 36.4 Å². The summed E-state index contributed by atoms with van der Waals surface area (Å²) in [5, 5.41) is 5.69. The van der Waals surface area contributed by atoms with Crippen LogP contribution in [0.3, 0.4) is 0 Å². The van der Waals surface area contributed by atoms with Gasteiger partial charge in [-0.3, -0.25) is 0 Å². The van der Waals surface area contributed by atoms with Crippen molar-refractivity contribution in [1.82, 2.24) is 14.6 Å². The molecule has 4 rings (SSSR count). The highest BCUT2D eigenvalue weighted by molar-refractivity contribution is 6.30. The highest BCUT2D eigenvalue weighted by Crippen LogP contribution is 2.30. The second-order valence-electron chi connectivity index (χ2n) is 7.36. The Kier molecular flexibility index (Phi) is 5.09. The van der Waals surface area contributed by atoms with Crippen LogP contribution < -0.4 is 4.90 Å². The maximum Gasteiger partial charge on any atom is 0.157 e. The van der Waals surface area contributed by atoms with Gasteiger partial charge in [0.05, 0.1) is 5.69 Å². The van der Waals surface area contributed by atoms with Crippen molar-refractivity contribution in [1.29, 1.82) is 0 Å². The smallest absolute Gasteiger partial charge is 0.157 e. The number of aromatic nitrogens is 3. The van der Waals surface area contributed by atoms with Crippen LogP contribution in [0, 0.1) is 20.3 Å². The molecule has 3 heterocycles. The molecule has 1 aliphatic heterocycles. The molecule has 3 aromatic rings. The molecule has 1 aliphatic rings. The maximum absolute atomic E-state index is 6.03. The van der Waals surface area contributed by atoms with E-state index < -0.39 is 0 Å². The van der Waals surface area contributed by atoms with Crippen LogP contribution in [0.1, 0.15) is 49.1 Å². The second kappa shape index (κ2) is 7.51. The SMILES string of the molecule is [CH2][CH]C1CCCCN1c1cc(C)nc2cc(C(C)c3ccc(Cl)cc3)nn12. The molecule has 27 heavy (non-hydrogen) atoms. The first-order valence-electron chi connectivity index (χ1n) is 9.59. The molecule has 0 saturated carbocycles. The summed E-state index contributed by atoms with van der Waals surface area (Å²) in [6, 6.07) is 12.6. The van der Waals surface area contributed by atoms with Crippen molar-refractivity contribution in [2.75, 3.05) is 11.4 Å². The zero-order valence-corrected chi connectivity index (χ0v) is 16.7. The van der Waals surface area contributed by atoms with Crippen molar-refractivity contribution in [3.8, 4) is 0 Å². The van der Waals surface area contributed by atoms with Crippen molar-refractivity contribution in [2.45, 2.75) is 45.1 Å². The van der Waals surface area contributed by atoms with Crippen LogP contribution in [0.5, 0.6) is 0 Å². The first-order chi connectivity index (χ1) is 13.1. The van der Waals surface area contributed by atoms with Gasteiger partial charge in [0.25, 0.3) is 0 Å². The lowest BCUT2D eigenvalue weighted by Gasteiger charge is -2.36. The zero-order valence-electron chi connectivity index (χ0n) is 15.9. The number of halogens is 1. The van der Waals surface area contributed by atoms with Crippen molar-refractivity contribution in [3.63, 3.8) is 0 Å². The van der Waals surface area contributed by atoms with E-state index in [1.54, 1.807) is 0 Å². The molecule has 1 fully saturated rings. The van der Waals surface area contributed by atoms with E-state index in [4.69, 9.17) is 21.7 Å². The number of anilines is 1. The summed E-state index contributed by atoms with van der Waals surface area (Å²) < 4.78 is 2.00. The highest BCUT2D eigenvalue weighted by Gasteiger charge is 2.25. The first kappa shape index (κ1) is 18.3. The van der Waals surface area contributed by atoms with Crippen molar-refractivity contribution < 1.29 is 0 Å². The van der Waals surface area contributed by atoms with E-state index in [1.807, 2.05) is 23.6 Å². The van der Waals surface area contributed by atoms with E-state index >= 15 is 0 Å². The lowest BCUT2D eigenvalue weighted by Crippen LogP contribution is -2.40. The van der Waals surface area contributed by atoms with Gasteiger partial charge in [0.2, 0.25) is 0 Å². The topological polar surface area (TPSA) is 33.4 Å². The van der Waals surface area contributed by atoms with Gasteiger partial charge in [0.1, 0.15) is 5.82 Å². The zero-order chi connectivity index (χ0) is 19.0. The van der Waals surface area contributed by atoms with Gasteiger partial charge in [-0.15, -0.1) is 0 Å². The quantitative estimate of drug-likeness (QED) is 0.620. The molecule has 0 bridgehead atoms. The number of hydrogen-bond acceptors (Lipinski definition) is 3. The summed E-state index contributed by atoms with van der Waals surface area (Å²) in [5.74, 6) is 1.28. The molecule has 4 nitrogen and oxygen atoms in total. The van der Waals surface area contributed by atoms with Gasteiger partial charge in [-0.05, 0) is 57.2 Å². The number of aryl methyl sites for hydroxylation is 1. The number of hydrogen-bond donors (Lipinski definition) is 0. The standard InChI is InChI=1S/C22H25ClN4/c1-4-19-7-5-6-12-26(19)22-13-15(2)24-21-14-20(25-27(21)22)16(3)17-8-10-18(23)11-9-17/h4,8-11,13-14,16,19H,1,5-7,12H2,2-3H3. The summed E-state index contributed by atoms with van der Waals surface area (Å²) in [6.07, 6.45) is 5.64. The summed E-state index contributed by atoms with van der Waals surface area (Å²) in [5.41, 5.74) is 4.12. The molecule has 0 aliphatic carbocycles. The van der Waals surface area contributed by atoms with Crippen molar-refractivity contribution >= 4 is 23.1 Å². The number of benzene rings is 1. The van der Waals surface area contributed by atoms with E-state index in [1.165, 1.54) is 18.4 Å². The van der Waals surface area contributed by atoms with E-state index in [2.05, 4.69) is 49.4 Å². The molecule has 0 spiro atoms. The molecular formula is C22H25ClN4. The Bertz CT molecular complexity index is 931. The normalized spacial score (nSPS) is 18.8. The highest BCUT2D eigenvalue weighted by atomic mass is 35.5. The Morgan fingerprint density at radius 3 is 2.74 bits per heavy atom. The molecule has 140 valence electrons. The summed E-state index contributed by atoms with van der Waals surface area (Å²) in [4.78, 5) is 7.14. The fourth-order valence-electron chi connectivity index (χ4n) is 3.92. The fourth-order valence-corrected chi connectivity index (χ4v) is 4.05. The Balaban J connectivity index is 1.76. The summed E-state index contributed by atoms with van der Waals surface area (Å²) >= 11 is 6.03. The average Bonchev–Trinajstić information content (AvgIpc) is 3.11. The number of fused-ring (bicyclic) bond motifs is 1. The minimum atomic E-state index is 0.175. The van der Waals surface area contributed by atoms with Crippen LogP contribution >= 0.6 is 11.6 Å². The minimum absolute atomic E-state index is 0.175. The average molecular weight is 381 g/mol. The second-order valence-corrected chi connectivity index (χ2v) is 7.80. The van der Waals surface area contributed by atoms with Gasteiger partial charge >= 0.3 is 0 Å². The van der Waals surface area contributed by atoms with E-state index in [0.29, 0.717) is 6.04 Å². The first-order valence-corrected chi connectivity index (χ1v) is 9.96. The maximum atomic E-state index is 6.03. The van der Waals surface area contributed by atoms with Gasteiger partial charge in [0, 0.05) is 41.4 Å². The Morgan fingerprint density at radius 2 is 2.00 bits per heavy atom. The Morgan fingerprint density at radius 1 is 1.22 bits per heavy atom. The molecule has 2 unspecified atom stereocenters. The third-order valence-corrected chi connectivity index (χ3v) is 5.74. The third kappa shape index (κ3) is 3.55. The predicted octanol–water partition coefficient (Wildman–Crippen LogP) is 5.24. The van der Waals surface area contributed by atoms with Gasteiger partial charge in [0.15, 0.2) is 5.65 Å². The van der Waals surface area contributed by atoms with Crippen LogP contribution in [0.4, 0.5) is 5.82 Å². The molecule has 5 heteroatoms. The number of rotatable bonds is 4. The third-order valence-electron chi connectivity index (χ3n) is 5.48. The van der Waals surface area contributed by atoms with Crippen molar-refractivity contribution in [3.05, 3.63) is 71.7 Å². The lowest BCUT2D eigenvalue weighted by molar-refractivity contribution is 0.493. The monoisotopic (exact) mass is 380 g/mol. The number of nitrogens with zero attached hydrogens (tertiary/aromatic N) is 4. The van der Waals surface area contributed by atoms with Gasteiger partial charge in [-0.1, -0.05) is 30.7 Å². The Labute approximate surface area is 166 Å². The Hall–Kier alpha value is -2.07. The molecule has 0 amide bonds. The van der Waals surface area contributed by atoms with Crippen LogP contribution in [-0.2, 0) is 0 Å². The molecule has 2 atom stereocenters. The number of piperidine rings is 1. The molecule has 2 aromatic heterocycles. The van der Waals surface area contributed by atoms with Crippen LogP contribution in [0.25, 0.3) is 5.65 Å². The molecule has 1 saturated heterocycles. The van der Waals surface area contributed by atoms with Crippen LogP contribution in [-0.4, -0.2) is 27.2 Å². The largest absolute Gasteiger partial charge is 0.353 e. The van der Waals surface area contributed by atoms with E-state index in [0.717, 1.165) is 40.8 Å². The van der Waals surface area contributed by atoms with Crippen LogP contribution in [0.2, 0.25) is 5.02 Å². The summed E-state index contributed by atoms with van der Waals surface area (Å²) in [6.45, 7) is 9.29. The van der Waals surface area contributed by atoms with Gasteiger partial charge in [-0.25, -0.2) is 4.98 Å². The van der Waals surface area contributed by atoms with Crippen molar-refractivity contribution in [2.24, 2.45) is 0 Å². The fraction of sp³-hybridized carbons (Fsp3) is 0.364. The molecular weight excluding hydrogens is 356 g/mol. The van der Waals surface area contributed by atoms with E-state index in [9.17, 15) is 0 Å². The minimum Gasteiger partial charge on any atom is -0.353 e. The van der Waals surface area contributed by atoms with E-state index in [-0.39, 0.29) is 5.92 Å². The molecule has 0 N–H and O–H groups in total.